The molecule has 4 nitrogen and oxygen atoms in total. The smallest absolute Gasteiger partial charge is 0.335 e. The van der Waals surface area contributed by atoms with Crippen LogP contribution in [-0.2, 0) is 0 Å². The molecule has 114 valence electrons. The van der Waals surface area contributed by atoms with Crippen LogP contribution in [0.2, 0.25) is 5.02 Å². The fraction of sp³-hybridized carbons (Fsp3) is 0.125. The lowest BCUT2D eigenvalue weighted by atomic mass is 10.1. The number of nitrogens with one attached hydrogen (secondary N) is 2. The van der Waals surface area contributed by atoms with Crippen molar-refractivity contribution in [2.24, 2.45) is 0 Å². The summed E-state index contributed by atoms with van der Waals surface area (Å²) < 4.78 is 0. The van der Waals surface area contributed by atoms with Crippen LogP contribution >= 0.6 is 23.8 Å². The van der Waals surface area contributed by atoms with Gasteiger partial charge < -0.3 is 15.7 Å². The summed E-state index contributed by atoms with van der Waals surface area (Å²) in [5.74, 6) is -0.979. The molecule has 0 atom stereocenters. The summed E-state index contributed by atoms with van der Waals surface area (Å²) in [4.78, 5) is 11.0. The van der Waals surface area contributed by atoms with E-state index in [-0.39, 0.29) is 5.56 Å². The minimum absolute atomic E-state index is 0.203. The number of carboxylic acid groups (broad SMARTS) is 1. The number of anilines is 2. The molecular weight excluding hydrogens is 320 g/mol. The van der Waals surface area contributed by atoms with Gasteiger partial charge in [0.15, 0.2) is 5.11 Å². The van der Waals surface area contributed by atoms with Gasteiger partial charge in [0.1, 0.15) is 0 Å². The van der Waals surface area contributed by atoms with E-state index in [1.807, 2.05) is 26.0 Å². The van der Waals surface area contributed by atoms with Crippen LogP contribution in [0.25, 0.3) is 0 Å². The Balaban J connectivity index is 2.13. The normalized spacial score (nSPS) is 10.1. The maximum Gasteiger partial charge on any atom is 0.335 e. The van der Waals surface area contributed by atoms with E-state index in [0.29, 0.717) is 15.8 Å². The molecule has 0 radical (unpaired) electrons. The zero-order chi connectivity index (χ0) is 16.3. The first-order valence-electron chi connectivity index (χ1n) is 6.55. The van der Waals surface area contributed by atoms with Crippen LogP contribution in [0, 0.1) is 13.8 Å². The lowest BCUT2D eigenvalue weighted by Crippen LogP contribution is -2.20. The van der Waals surface area contributed by atoms with Crippen molar-refractivity contribution in [2.75, 3.05) is 10.6 Å². The predicted octanol–water partition coefficient (Wildman–Crippen LogP) is 4.46. The lowest BCUT2D eigenvalue weighted by molar-refractivity contribution is 0.0697. The molecule has 0 bridgehead atoms. The van der Waals surface area contributed by atoms with E-state index < -0.39 is 5.97 Å². The summed E-state index contributed by atoms with van der Waals surface area (Å²) in [5.41, 5.74) is 3.50. The van der Waals surface area contributed by atoms with Gasteiger partial charge in [-0.1, -0.05) is 23.7 Å². The van der Waals surface area contributed by atoms with Crippen molar-refractivity contribution < 1.29 is 9.90 Å². The standard InChI is InChI=1S/C16H15ClN2O2S/c1-9-4-6-12(8-13(9)17)18-16(22)19-14-7-11(15(20)21)5-3-10(14)2/h3-8H,1-2H3,(H,20,21)(H2,18,19,22). The van der Waals surface area contributed by atoms with Gasteiger partial charge in [-0.3, -0.25) is 0 Å². The fourth-order valence-corrected chi connectivity index (χ4v) is 2.25. The van der Waals surface area contributed by atoms with Crippen LogP contribution in [0.15, 0.2) is 36.4 Å². The molecule has 22 heavy (non-hydrogen) atoms. The zero-order valence-electron chi connectivity index (χ0n) is 12.1. The number of carboxylic acids is 1. The Bertz CT molecular complexity index is 747. The Morgan fingerprint density at radius 2 is 1.77 bits per heavy atom. The number of hydrogen-bond donors (Lipinski definition) is 3. The predicted molar refractivity (Wildman–Crippen MR) is 94.2 cm³/mol. The van der Waals surface area contributed by atoms with Crippen molar-refractivity contribution in [1.29, 1.82) is 0 Å². The monoisotopic (exact) mass is 334 g/mol. The van der Waals surface area contributed by atoms with Gasteiger partial charge in [0.05, 0.1) is 5.56 Å². The molecule has 0 amide bonds. The van der Waals surface area contributed by atoms with E-state index in [4.69, 9.17) is 28.9 Å². The molecule has 0 saturated carbocycles. The Kier molecular flexibility index (Phi) is 5.00. The molecule has 0 aliphatic carbocycles. The first kappa shape index (κ1) is 16.3. The molecule has 2 rings (SSSR count). The van der Waals surface area contributed by atoms with Crippen LogP contribution in [0.4, 0.5) is 11.4 Å². The first-order valence-corrected chi connectivity index (χ1v) is 7.33. The van der Waals surface area contributed by atoms with Gasteiger partial charge in [-0.05, 0) is 61.5 Å². The minimum Gasteiger partial charge on any atom is -0.478 e. The largest absolute Gasteiger partial charge is 0.478 e. The quantitative estimate of drug-likeness (QED) is 0.723. The second kappa shape index (κ2) is 6.77. The maximum absolute atomic E-state index is 11.0. The highest BCUT2D eigenvalue weighted by Gasteiger charge is 2.08. The van der Waals surface area contributed by atoms with E-state index >= 15 is 0 Å². The number of aromatic carboxylic acids is 1. The van der Waals surface area contributed by atoms with E-state index in [9.17, 15) is 4.79 Å². The summed E-state index contributed by atoms with van der Waals surface area (Å²) >= 11 is 11.3. The van der Waals surface area contributed by atoms with Crippen molar-refractivity contribution in [3.8, 4) is 0 Å². The second-order valence-corrected chi connectivity index (χ2v) is 5.69. The van der Waals surface area contributed by atoms with Crippen LogP contribution in [0.5, 0.6) is 0 Å². The molecule has 2 aromatic carbocycles. The summed E-state index contributed by atoms with van der Waals surface area (Å²) in [7, 11) is 0. The Morgan fingerprint density at radius 3 is 2.41 bits per heavy atom. The van der Waals surface area contributed by atoms with E-state index in [2.05, 4.69) is 10.6 Å². The highest BCUT2D eigenvalue weighted by molar-refractivity contribution is 7.80. The van der Waals surface area contributed by atoms with Crippen molar-refractivity contribution in [3.63, 3.8) is 0 Å². The first-order chi connectivity index (χ1) is 10.4. The Labute approximate surface area is 139 Å². The molecule has 0 aromatic heterocycles. The van der Waals surface area contributed by atoms with Gasteiger partial charge in [0, 0.05) is 16.4 Å². The third-order valence-corrected chi connectivity index (χ3v) is 3.77. The van der Waals surface area contributed by atoms with E-state index in [1.54, 1.807) is 24.3 Å². The van der Waals surface area contributed by atoms with Gasteiger partial charge in [0.2, 0.25) is 0 Å². The number of hydrogen-bond acceptors (Lipinski definition) is 2. The van der Waals surface area contributed by atoms with Gasteiger partial charge in [0.25, 0.3) is 0 Å². The number of aryl methyl sites for hydroxylation is 2. The van der Waals surface area contributed by atoms with Gasteiger partial charge >= 0.3 is 5.97 Å². The molecule has 0 heterocycles. The maximum atomic E-state index is 11.0. The van der Waals surface area contributed by atoms with Crippen molar-refractivity contribution >= 4 is 46.3 Å². The molecule has 2 aromatic rings. The van der Waals surface area contributed by atoms with Gasteiger partial charge in [-0.2, -0.15) is 0 Å². The van der Waals surface area contributed by atoms with Gasteiger partial charge in [-0.25, -0.2) is 4.79 Å². The summed E-state index contributed by atoms with van der Waals surface area (Å²) in [6.45, 7) is 3.79. The van der Waals surface area contributed by atoms with Crippen LogP contribution in [0.1, 0.15) is 21.5 Å². The average molecular weight is 335 g/mol. The van der Waals surface area contributed by atoms with Crippen molar-refractivity contribution in [2.45, 2.75) is 13.8 Å². The number of halogens is 1. The summed E-state index contributed by atoms with van der Waals surface area (Å²) in [5, 5.41) is 16.1. The highest BCUT2D eigenvalue weighted by Crippen LogP contribution is 2.21. The van der Waals surface area contributed by atoms with E-state index in [1.165, 1.54) is 0 Å². The van der Waals surface area contributed by atoms with Gasteiger partial charge in [-0.15, -0.1) is 0 Å². The third-order valence-electron chi connectivity index (χ3n) is 3.16. The highest BCUT2D eigenvalue weighted by atomic mass is 35.5. The summed E-state index contributed by atoms with van der Waals surface area (Å²) in [6, 6.07) is 10.4. The number of thiocarbonyl (C=S) groups is 1. The molecule has 0 saturated heterocycles. The lowest BCUT2D eigenvalue weighted by Gasteiger charge is -2.13. The second-order valence-electron chi connectivity index (χ2n) is 4.88. The van der Waals surface area contributed by atoms with E-state index in [0.717, 1.165) is 16.8 Å². The van der Waals surface area contributed by atoms with Crippen molar-refractivity contribution in [3.05, 3.63) is 58.1 Å². The Hall–Kier alpha value is -2.11. The van der Waals surface area contributed by atoms with Crippen LogP contribution in [-0.4, -0.2) is 16.2 Å². The third kappa shape index (κ3) is 3.96. The molecule has 0 aliphatic rings. The Morgan fingerprint density at radius 1 is 1.09 bits per heavy atom. The van der Waals surface area contributed by atoms with Crippen LogP contribution in [0.3, 0.4) is 0 Å². The topological polar surface area (TPSA) is 61.4 Å². The SMILES string of the molecule is Cc1ccc(NC(=S)Nc2cc(C(=O)O)ccc2C)cc1Cl. The number of carbonyl (C=O) groups is 1. The van der Waals surface area contributed by atoms with Crippen LogP contribution < -0.4 is 10.6 Å². The molecule has 0 unspecified atom stereocenters. The molecule has 6 heteroatoms. The minimum atomic E-state index is -0.979. The molecule has 0 fully saturated rings. The molecule has 0 spiro atoms. The number of benzene rings is 2. The average Bonchev–Trinajstić information content (AvgIpc) is 2.45. The van der Waals surface area contributed by atoms with Crippen molar-refractivity contribution in [1.82, 2.24) is 0 Å². The number of rotatable bonds is 3. The zero-order valence-corrected chi connectivity index (χ0v) is 13.7. The molecule has 3 N–H and O–H groups in total. The summed E-state index contributed by atoms with van der Waals surface area (Å²) in [6.07, 6.45) is 0. The molecule has 0 aliphatic heterocycles. The fourth-order valence-electron chi connectivity index (χ4n) is 1.84. The molecular formula is C16H15ClN2O2S.